The molecule has 156 valence electrons. The Kier molecular flexibility index (Phi) is 8.07. The third-order valence-electron chi connectivity index (χ3n) is 3.92. The summed E-state index contributed by atoms with van der Waals surface area (Å²) in [5.74, 6) is -7.52. The predicted octanol–water partition coefficient (Wildman–Crippen LogP) is 5.49. The van der Waals surface area contributed by atoms with Crippen molar-refractivity contribution in [1.29, 1.82) is 0 Å². The summed E-state index contributed by atoms with van der Waals surface area (Å²) < 4.78 is 54.0. The first-order valence-electron chi connectivity index (χ1n) is 8.93. The molecule has 4 nitrogen and oxygen atoms in total. The molecule has 0 spiro atoms. The van der Waals surface area contributed by atoms with Crippen molar-refractivity contribution in [2.45, 2.75) is 43.3 Å². The Balaban J connectivity index is 2.05. The summed E-state index contributed by atoms with van der Waals surface area (Å²) in [6.45, 7) is 3.45. The molecule has 1 unspecified atom stereocenters. The number of hydrogen-bond donors (Lipinski definition) is 2. The number of halogens is 4. The molecule has 9 heteroatoms. The molecule has 1 atom stereocenters. The number of amides is 2. The standard InChI is InChI=1S/C20H20F4N2O2S/c1-3-4-8-16(27)25-12-6-5-7-13(9-12)29-11(2)20(28)26-19-17(23)14(21)10-15(22)18(19)24/h5-7,9-11H,3-4,8H2,1-2H3,(H,25,27)(H,26,28). The van der Waals surface area contributed by atoms with Crippen LogP contribution in [0.3, 0.4) is 0 Å². The smallest absolute Gasteiger partial charge is 0.237 e. The van der Waals surface area contributed by atoms with Gasteiger partial charge in [-0.05, 0) is 31.5 Å². The van der Waals surface area contributed by atoms with Gasteiger partial charge in [0.1, 0.15) is 5.69 Å². The van der Waals surface area contributed by atoms with Gasteiger partial charge in [-0.1, -0.05) is 19.4 Å². The molecular formula is C20H20F4N2O2S. The fourth-order valence-electron chi connectivity index (χ4n) is 2.37. The van der Waals surface area contributed by atoms with Crippen molar-refractivity contribution in [1.82, 2.24) is 0 Å². The van der Waals surface area contributed by atoms with Gasteiger partial charge in [-0.3, -0.25) is 9.59 Å². The van der Waals surface area contributed by atoms with Crippen molar-refractivity contribution < 1.29 is 27.2 Å². The minimum absolute atomic E-state index is 0.0683. The Morgan fingerprint density at radius 1 is 1.03 bits per heavy atom. The van der Waals surface area contributed by atoms with Gasteiger partial charge in [-0.2, -0.15) is 0 Å². The maximum atomic E-state index is 13.7. The van der Waals surface area contributed by atoms with E-state index in [1.807, 2.05) is 12.2 Å². The molecule has 0 aromatic heterocycles. The van der Waals surface area contributed by atoms with Crippen LogP contribution in [0.15, 0.2) is 35.2 Å². The second kappa shape index (κ2) is 10.3. The molecule has 0 aliphatic heterocycles. The Morgan fingerprint density at radius 2 is 1.69 bits per heavy atom. The van der Waals surface area contributed by atoms with Gasteiger partial charge in [0.15, 0.2) is 23.3 Å². The molecule has 2 rings (SSSR count). The second-order valence-electron chi connectivity index (χ2n) is 6.27. The lowest BCUT2D eigenvalue weighted by atomic mass is 10.2. The third-order valence-corrected chi connectivity index (χ3v) is 5.01. The summed E-state index contributed by atoms with van der Waals surface area (Å²) in [4.78, 5) is 24.7. The highest BCUT2D eigenvalue weighted by atomic mass is 32.2. The quantitative estimate of drug-likeness (QED) is 0.332. The number of hydrogen-bond acceptors (Lipinski definition) is 3. The maximum absolute atomic E-state index is 13.7. The number of thioether (sulfide) groups is 1. The number of carbonyl (C=O) groups excluding carboxylic acids is 2. The molecule has 0 saturated heterocycles. The third kappa shape index (κ3) is 6.22. The van der Waals surface area contributed by atoms with Gasteiger partial charge in [0.25, 0.3) is 0 Å². The van der Waals surface area contributed by atoms with Crippen LogP contribution in [-0.4, -0.2) is 17.1 Å². The first-order chi connectivity index (χ1) is 13.7. The fraction of sp³-hybridized carbons (Fsp3) is 0.300. The average molecular weight is 428 g/mol. The molecule has 0 fully saturated rings. The van der Waals surface area contributed by atoms with Gasteiger partial charge >= 0.3 is 0 Å². The van der Waals surface area contributed by atoms with Gasteiger partial charge in [0, 0.05) is 23.1 Å². The lowest BCUT2D eigenvalue weighted by Crippen LogP contribution is -2.24. The summed E-state index contributed by atoms with van der Waals surface area (Å²) in [5.41, 5.74) is -0.620. The minimum Gasteiger partial charge on any atom is -0.326 e. The van der Waals surface area contributed by atoms with E-state index in [0.29, 0.717) is 17.0 Å². The lowest BCUT2D eigenvalue weighted by Gasteiger charge is -2.14. The van der Waals surface area contributed by atoms with Gasteiger partial charge in [-0.25, -0.2) is 17.6 Å². The molecule has 0 aliphatic carbocycles. The molecule has 2 N–H and O–H groups in total. The molecule has 2 aromatic carbocycles. The molecule has 0 heterocycles. The number of carbonyl (C=O) groups is 2. The fourth-order valence-corrected chi connectivity index (χ4v) is 3.30. The zero-order chi connectivity index (χ0) is 21.6. The first-order valence-corrected chi connectivity index (χ1v) is 9.81. The number of nitrogens with one attached hydrogen (secondary N) is 2. The average Bonchev–Trinajstić information content (AvgIpc) is 2.68. The normalized spacial score (nSPS) is 11.8. The van der Waals surface area contributed by atoms with Crippen LogP contribution in [0.4, 0.5) is 28.9 Å². The molecule has 0 bridgehead atoms. The molecule has 29 heavy (non-hydrogen) atoms. The van der Waals surface area contributed by atoms with Crippen LogP contribution in [0.1, 0.15) is 33.1 Å². The van der Waals surface area contributed by atoms with Crippen molar-refractivity contribution in [3.8, 4) is 0 Å². The SMILES string of the molecule is CCCCC(=O)Nc1cccc(SC(C)C(=O)Nc2c(F)c(F)cc(F)c2F)c1. The van der Waals surface area contributed by atoms with Crippen LogP contribution in [0, 0.1) is 23.3 Å². The minimum atomic E-state index is -1.67. The zero-order valence-electron chi connectivity index (χ0n) is 15.8. The summed E-state index contributed by atoms with van der Waals surface area (Å²) in [6, 6.07) is 6.79. The summed E-state index contributed by atoms with van der Waals surface area (Å²) >= 11 is 1.05. The Hall–Kier alpha value is -2.55. The lowest BCUT2D eigenvalue weighted by molar-refractivity contribution is -0.116. The number of anilines is 2. The Labute approximate surface area is 170 Å². The van der Waals surface area contributed by atoms with E-state index in [4.69, 9.17) is 0 Å². The summed E-state index contributed by atoms with van der Waals surface area (Å²) in [7, 11) is 0. The summed E-state index contributed by atoms with van der Waals surface area (Å²) in [6.07, 6.45) is 2.06. The maximum Gasteiger partial charge on any atom is 0.237 e. The number of unbranched alkanes of at least 4 members (excludes halogenated alkanes) is 1. The molecule has 0 aliphatic rings. The van der Waals surface area contributed by atoms with E-state index in [0.717, 1.165) is 24.6 Å². The number of benzene rings is 2. The molecule has 0 saturated carbocycles. The highest BCUT2D eigenvalue weighted by Crippen LogP contribution is 2.29. The van der Waals surface area contributed by atoms with Crippen LogP contribution < -0.4 is 10.6 Å². The van der Waals surface area contributed by atoms with Crippen LogP contribution in [-0.2, 0) is 9.59 Å². The van der Waals surface area contributed by atoms with Crippen LogP contribution in [0.2, 0.25) is 0 Å². The Bertz CT molecular complexity index is 882. The highest BCUT2D eigenvalue weighted by molar-refractivity contribution is 8.00. The Morgan fingerprint density at radius 3 is 2.31 bits per heavy atom. The van der Waals surface area contributed by atoms with Gasteiger partial charge in [0.2, 0.25) is 11.8 Å². The van der Waals surface area contributed by atoms with Gasteiger partial charge in [0.05, 0.1) is 5.25 Å². The van der Waals surface area contributed by atoms with Crippen molar-refractivity contribution in [2.75, 3.05) is 10.6 Å². The topological polar surface area (TPSA) is 58.2 Å². The molecule has 2 amide bonds. The summed E-state index contributed by atoms with van der Waals surface area (Å²) in [5, 5.41) is 3.80. The van der Waals surface area contributed by atoms with E-state index in [1.165, 1.54) is 6.92 Å². The van der Waals surface area contributed by atoms with E-state index in [-0.39, 0.29) is 12.0 Å². The van der Waals surface area contributed by atoms with Crippen molar-refractivity contribution in [2.24, 2.45) is 0 Å². The predicted molar refractivity (Wildman–Crippen MR) is 105 cm³/mol. The second-order valence-corrected chi connectivity index (χ2v) is 7.69. The first kappa shape index (κ1) is 22.7. The van der Waals surface area contributed by atoms with E-state index in [9.17, 15) is 27.2 Å². The van der Waals surface area contributed by atoms with E-state index >= 15 is 0 Å². The van der Waals surface area contributed by atoms with Crippen LogP contribution in [0.25, 0.3) is 0 Å². The molecule has 2 aromatic rings. The zero-order valence-corrected chi connectivity index (χ0v) is 16.6. The van der Waals surface area contributed by atoms with Crippen molar-refractivity contribution >= 4 is 35.0 Å². The molecular weight excluding hydrogens is 408 g/mol. The highest BCUT2D eigenvalue weighted by Gasteiger charge is 2.23. The molecule has 0 radical (unpaired) electrons. The van der Waals surface area contributed by atoms with E-state index in [2.05, 4.69) is 5.32 Å². The van der Waals surface area contributed by atoms with Crippen molar-refractivity contribution in [3.05, 3.63) is 53.6 Å². The number of rotatable bonds is 8. The van der Waals surface area contributed by atoms with Crippen molar-refractivity contribution in [3.63, 3.8) is 0 Å². The monoisotopic (exact) mass is 428 g/mol. The van der Waals surface area contributed by atoms with Crippen LogP contribution >= 0.6 is 11.8 Å². The van der Waals surface area contributed by atoms with Crippen LogP contribution in [0.5, 0.6) is 0 Å². The van der Waals surface area contributed by atoms with E-state index < -0.39 is 40.1 Å². The van der Waals surface area contributed by atoms with E-state index in [1.54, 1.807) is 24.3 Å². The van der Waals surface area contributed by atoms with Gasteiger partial charge < -0.3 is 10.6 Å². The van der Waals surface area contributed by atoms with Gasteiger partial charge in [-0.15, -0.1) is 11.8 Å². The largest absolute Gasteiger partial charge is 0.326 e.